The fraction of sp³-hybridized carbons (Fsp3) is 0.647. The van der Waals surface area contributed by atoms with Gasteiger partial charge in [-0.1, -0.05) is 45.4 Å². The Kier molecular flexibility index (Phi) is 6.67. The molecular formula is C17H26O4. The number of fused-ring (bicyclic) bond motifs is 1. The normalized spacial score (nSPS) is 12.7. The highest BCUT2D eigenvalue weighted by Gasteiger charge is 2.17. The Bertz CT molecular complexity index is 431. The van der Waals surface area contributed by atoms with Crippen LogP contribution in [0.15, 0.2) is 12.1 Å². The number of rotatable bonds is 10. The molecule has 0 radical (unpaired) electrons. The van der Waals surface area contributed by atoms with Gasteiger partial charge in [0, 0.05) is 11.6 Å². The summed E-state index contributed by atoms with van der Waals surface area (Å²) in [7, 11) is 0. The third-order valence-corrected chi connectivity index (χ3v) is 3.73. The number of hydrogen-bond donors (Lipinski definition) is 1. The Morgan fingerprint density at radius 3 is 2.38 bits per heavy atom. The van der Waals surface area contributed by atoms with Crippen LogP contribution in [0.25, 0.3) is 0 Å². The molecule has 1 aliphatic heterocycles. The first-order chi connectivity index (χ1) is 10.3. The predicted molar refractivity (Wildman–Crippen MR) is 82.0 cm³/mol. The van der Waals surface area contributed by atoms with E-state index in [9.17, 15) is 5.11 Å². The fourth-order valence-corrected chi connectivity index (χ4v) is 2.46. The second-order valence-electron chi connectivity index (χ2n) is 5.44. The maximum atomic E-state index is 9.40. The first-order valence-corrected chi connectivity index (χ1v) is 8.01. The summed E-state index contributed by atoms with van der Waals surface area (Å²) in [4.78, 5) is 0. The summed E-state index contributed by atoms with van der Waals surface area (Å²) < 4.78 is 16.4. The highest BCUT2D eigenvalue weighted by molar-refractivity contribution is 5.51. The van der Waals surface area contributed by atoms with Gasteiger partial charge in [-0.2, -0.15) is 0 Å². The van der Waals surface area contributed by atoms with Gasteiger partial charge in [0.05, 0.1) is 13.2 Å². The summed E-state index contributed by atoms with van der Waals surface area (Å²) in [6, 6.07) is 3.61. The number of unbranched alkanes of at least 4 members (excludes halogenated alkanes) is 6. The van der Waals surface area contributed by atoms with Gasteiger partial charge in [-0.15, -0.1) is 0 Å². The molecule has 0 fully saturated rings. The molecule has 0 amide bonds. The van der Waals surface area contributed by atoms with Crippen LogP contribution in [-0.4, -0.2) is 18.5 Å². The Labute approximate surface area is 127 Å². The summed E-state index contributed by atoms with van der Waals surface area (Å²) in [5.74, 6) is 2.08. The van der Waals surface area contributed by atoms with Gasteiger partial charge in [-0.25, -0.2) is 0 Å². The van der Waals surface area contributed by atoms with E-state index in [2.05, 4.69) is 6.92 Å². The Hall–Kier alpha value is -1.42. The highest BCUT2D eigenvalue weighted by Crippen LogP contribution is 2.38. The third kappa shape index (κ3) is 4.81. The van der Waals surface area contributed by atoms with Crippen molar-refractivity contribution in [2.24, 2.45) is 0 Å². The van der Waals surface area contributed by atoms with E-state index in [1.54, 1.807) is 6.07 Å². The van der Waals surface area contributed by atoms with E-state index in [1.165, 1.54) is 38.5 Å². The topological polar surface area (TPSA) is 47.9 Å². The van der Waals surface area contributed by atoms with Gasteiger partial charge in [-0.05, 0) is 12.5 Å². The van der Waals surface area contributed by atoms with Gasteiger partial charge in [0.2, 0.25) is 6.79 Å². The summed E-state index contributed by atoms with van der Waals surface area (Å²) in [5, 5.41) is 9.40. The molecule has 0 unspecified atom stereocenters. The minimum Gasteiger partial charge on any atom is -0.493 e. The van der Waals surface area contributed by atoms with Gasteiger partial charge in [0.15, 0.2) is 11.5 Å². The highest BCUT2D eigenvalue weighted by atomic mass is 16.7. The molecular weight excluding hydrogens is 268 g/mol. The van der Waals surface area contributed by atoms with Gasteiger partial charge in [-0.3, -0.25) is 0 Å². The van der Waals surface area contributed by atoms with Gasteiger partial charge in [0.1, 0.15) is 5.75 Å². The van der Waals surface area contributed by atoms with Crippen LogP contribution in [0.4, 0.5) is 0 Å². The molecule has 2 rings (SSSR count). The summed E-state index contributed by atoms with van der Waals surface area (Å²) in [5.41, 5.74) is 0.752. The zero-order valence-electron chi connectivity index (χ0n) is 12.9. The van der Waals surface area contributed by atoms with E-state index in [4.69, 9.17) is 14.2 Å². The summed E-state index contributed by atoms with van der Waals surface area (Å²) in [6.07, 6.45) is 8.81. The molecule has 1 aliphatic rings. The maximum Gasteiger partial charge on any atom is 0.231 e. The van der Waals surface area contributed by atoms with Crippen molar-refractivity contribution in [2.75, 3.05) is 13.4 Å². The molecule has 0 aromatic heterocycles. The van der Waals surface area contributed by atoms with Crippen molar-refractivity contribution in [3.8, 4) is 17.2 Å². The molecule has 0 bridgehead atoms. The van der Waals surface area contributed by atoms with Gasteiger partial charge >= 0.3 is 0 Å². The van der Waals surface area contributed by atoms with Crippen LogP contribution in [0.2, 0.25) is 0 Å². The molecule has 1 heterocycles. The van der Waals surface area contributed by atoms with Gasteiger partial charge < -0.3 is 19.3 Å². The monoisotopic (exact) mass is 294 g/mol. The fourth-order valence-electron chi connectivity index (χ4n) is 2.46. The van der Waals surface area contributed by atoms with Crippen molar-refractivity contribution in [1.82, 2.24) is 0 Å². The average molecular weight is 294 g/mol. The summed E-state index contributed by atoms with van der Waals surface area (Å²) >= 11 is 0. The molecule has 4 nitrogen and oxygen atoms in total. The maximum absolute atomic E-state index is 9.40. The van der Waals surface area contributed by atoms with E-state index in [0.29, 0.717) is 23.9 Å². The largest absolute Gasteiger partial charge is 0.493 e. The van der Waals surface area contributed by atoms with Crippen molar-refractivity contribution < 1.29 is 19.3 Å². The Morgan fingerprint density at radius 1 is 1.00 bits per heavy atom. The molecule has 1 aromatic rings. The molecule has 0 saturated carbocycles. The molecule has 0 saturated heterocycles. The number of ether oxygens (including phenoxy) is 3. The van der Waals surface area contributed by atoms with E-state index >= 15 is 0 Å². The minimum absolute atomic E-state index is 0.0526. The van der Waals surface area contributed by atoms with Crippen LogP contribution < -0.4 is 14.2 Å². The molecule has 4 heteroatoms. The lowest BCUT2D eigenvalue weighted by Gasteiger charge is -2.11. The molecule has 21 heavy (non-hydrogen) atoms. The molecule has 0 spiro atoms. The SMILES string of the molecule is CCCCCCCCCOc1cc2c(cc1CO)OCO2. The van der Waals surface area contributed by atoms with E-state index in [1.807, 2.05) is 6.07 Å². The number of benzene rings is 1. The lowest BCUT2D eigenvalue weighted by Crippen LogP contribution is -2.00. The van der Waals surface area contributed by atoms with Gasteiger partial charge in [0.25, 0.3) is 0 Å². The second kappa shape index (κ2) is 8.78. The van der Waals surface area contributed by atoms with Crippen molar-refractivity contribution >= 4 is 0 Å². The molecule has 1 aromatic carbocycles. The Morgan fingerprint density at radius 2 is 1.67 bits per heavy atom. The quantitative estimate of drug-likeness (QED) is 0.662. The van der Waals surface area contributed by atoms with Crippen molar-refractivity contribution in [3.05, 3.63) is 17.7 Å². The zero-order chi connectivity index (χ0) is 14.9. The average Bonchev–Trinajstić information content (AvgIpc) is 2.96. The van der Waals surface area contributed by atoms with Crippen LogP contribution in [0.5, 0.6) is 17.2 Å². The first-order valence-electron chi connectivity index (χ1n) is 8.01. The van der Waals surface area contributed by atoms with Crippen LogP contribution >= 0.6 is 0 Å². The number of hydrogen-bond acceptors (Lipinski definition) is 4. The zero-order valence-corrected chi connectivity index (χ0v) is 12.9. The van der Waals surface area contributed by atoms with Crippen LogP contribution in [0.1, 0.15) is 57.4 Å². The predicted octanol–water partition coefficient (Wildman–Crippen LogP) is 4.04. The number of aliphatic hydroxyl groups excluding tert-OH is 1. The van der Waals surface area contributed by atoms with E-state index in [0.717, 1.165) is 12.0 Å². The number of aliphatic hydroxyl groups is 1. The Balaban J connectivity index is 1.71. The second-order valence-corrected chi connectivity index (χ2v) is 5.44. The van der Waals surface area contributed by atoms with Crippen molar-refractivity contribution in [3.63, 3.8) is 0 Å². The van der Waals surface area contributed by atoms with Crippen LogP contribution in [0.3, 0.4) is 0 Å². The lowest BCUT2D eigenvalue weighted by molar-refractivity contribution is 0.173. The molecule has 0 atom stereocenters. The molecule has 118 valence electrons. The van der Waals surface area contributed by atoms with Crippen LogP contribution in [0, 0.1) is 0 Å². The molecule has 0 aliphatic carbocycles. The standard InChI is InChI=1S/C17H26O4/c1-2-3-4-5-6-7-8-9-19-15-11-17-16(20-13-21-17)10-14(15)12-18/h10-11,18H,2-9,12-13H2,1H3. The smallest absolute Gasteiger partial charge is 0.231 e. The lowest BCUT2D eigenvalue weighted by atomic mass is 10.1. The summed E-state index contributed by atoms with van der Waals surface area (Å²) in [6.45, 7) is 3.10. The minimum atomic E-state index is -0.0526. The van der Waals surface area contributed by atoms with E-state index < -0.39 is 0 Å². The first kappa shape index (κ1) is 16.0. The third-order valence-electron chi connectivity index (χ3n) is 3.73. The van der Waals surface area contributed by atoms with E-state index in [-0.39, 0.29) is 13.4 Å². The van der Waals surface area contributed by atoms with Crippen LogP contribution in [-0.2, 0) is 6.61 Å². The van der Waals surface area contributed by atoms with Crippen molar-refractivity contribution in [2.45, 2.75) is 58.5 Å². The van der Waals surface area contributed by atoms with Crippen molar-refractivity contribution in [1.29, 1.82) is 0 Å². The molecule has 1 N–H and O–H groups in total.